The summed E-state index contributed by atoms with van der Waals surface area (Å²) in [6.45, 7) is 3.66. The second-order valence-electron chi connectivity index (χ2n) is 7.53. The normalized spacial score (nSPS) is 19.9. The van der Waals surface area contributed by atoms with Gasteiger partial charge in [0, 0.05) is 37.6 Å². The van der Waals surface area contributed by atoms with E-state index in [0.29, 0.717) is 32.5 Å². The third-order valence-electron chi connectivity index (χ3n) is 5.56. The van der Waals surface area contributed by atoms with E-state index in [1.54, 1.807) is 18.3 Å². The zero-order chi connectivity index (χ0) is 19.7. The average molecular weight is 381 g/mol. The minimum Gasteiger partial charge on any atom is -0.393 e. The Bertz CT molecular complexity index is 983. The molecule has 146 valence electrons. The van der Waals surface area contributed by atoms with Gasteiger partial charge in [0.2, 0.25) is 5.91 Å². The highest BCUT2D eigenvalue weighted by atomic mass is 19.1. The van der Waals surface area contributed by atoms with Crippen molar-refractivity contribution in [2.45, 2.75) is 32.4 Å². The van der Waals surface area contributed by atoms with Crippen LogP contribution in [0.15, 0.2) is 48.7 Å². The third-order valence-corrected chi connectivity index (χ3v) is 5.56. The highest BCUT2D eigenvalue weighted by molar-refractivity contribution is 5.84. The maximum absolute atomic E-state index is 13.3. The van der Waals surface area contributed by atoms with Gasteiger partial charge in [0.25, 0.3) is 0 Å². The second kappa shape index (κ2) is 7.72. The molecule has 6 heteroatoms. The number of carbonyl (C=O) groups is 1. The molecule has 1 aliphatic rings. The van der Waals surface area contributed by atoms with Crippen LogP contribution in [0.2, 0.25) is 0 Å². The maximum Gasteiger partial charge on any atom is 0.224 e. The van der Waals surface area contributed by atoms with Gasteiger partial charge in [-0.2, -0.15) is 0 Å². The van der Waals surface area contributed by atoms with Crippen molar-refractivity contribution in [1.29, 1.82) is 0 Å². The molecule has 28 heavy (non-hydrogen) atoms. The fourth-order valence-corrected chi connectivity index (χ4v) is 3.90. The maximum atomic E-state index is 13.3. The summed E-state index contributed by atoms with van der Waals surface area (Å²) in [6.07, 6.45) is 2.40. The quantitative estimate of drug-likeness (QED) is 0.753. The van der Waals surface area contributed by atoms with E-state index in [-0.39, 0.29) is 23.7 Å². The number of piperidine rings is 1. The summed E-state index contributed by atoms with van der Waals surface area (Å²) in [5.74, 6) is -0.0933. The summed E-state index contributed by atoms with van der Waals surface area (Å²) in [5.41, 5.74) is 2.63. The van der Waals surface area contributed by atoms with Crippen LogP contribution < -0.4 is 0 Å². The Morgan fingerprint density at radius 3 is 2.82 bits per heavy atom. The first-order chi connectivity index (χ1) is 13.5. The van der Waals surface area contributed by atoms with Crippen LogP contribution in [0.5, 0.6) is 0 Å². The van der Waals surface area contributed by atoms with Gasteiger partial charge >= 0.3 is 0 Å². The highest BCUT2D eigenvalue weighted by Gasteiger charge is 2.27. The molecule has 3 aromatic rings. The van der Waals surface area contributed by atoms with E-state index in [1.807, 2.05) is 34.6 Å². The number of rotatable bonds is 4. The largest absolute Gasteiger partial charge is 0.393 e. The lowest BCUT2D eigenvalue weighted by Crippen LogP contribution is -2.45. The molecule has 1 fully saturated rings. The van der Waals surface area contributed by atoms with E-state index in [9.17, 15) is 14.3 Å². The van der Waals surface area contributed by atoms with Gasteiger partial charge in [0.05, 0.1) is 11.8 Å². The zero-order valence-electron chi connectivity index (χ0n) is 15.9. The van der Waals surface area contributed by atoms with Crippen molar-refractivity contribution in [1.82, 2.24) is 14.5 Å². The Morgan fingerprint density at radius 2 is 2.07 bits per heavy atom. The van der Waals surface area contributed by atoms with Gasteiger partial charge in [-0.1, -0.05) is 6.92 Å². The zero-order valence-corrected chi connectivity index (χ0v) is 15.9. The number of benzene rings is 1. The molecule has 1 aromatic carbocycles. The fraction of sp³-hybridized carbons (Fsp3) is 0.364. The topological polar surface area (TPSA) is 58.4 Å². The molecule has 0 bridgehead atoms. The van der Waals surface area contributed by atoms with Crippen molar-refractivity contribution in [2.24, 2.45) is 5.92 Å². The summed E-state index contributed by atoms with van der Waals surface area (Å²) in [4.78, 5) is 19.1. The number of likely N-dealkylation sites (tertiary alicyclic amines) is 1. The molecule has 0 saturated carbocycles. The van der Waals surface area contributed by atoms with Crippen LogP contribution in [0.1, 0.15) is 19.8 Å². The van der Waals surface area contributed by atoms with Crippen molar-refractivity contribution in [3.63, 3.8) is 0 Å². The summed E-state index contributed by atoms with van der Waals surface area (Å²) < 4.78 is 15.4. The number of hydrogen-bond acceptors (Lipinski definition) is 3. The Morgan fingerprint density at radius 1 is 1.29 bits per heavy atom. The number of nitrogens with zero attached hydrogens (tertiary/aromatic N) is 3. The molecule has 1 amide bonds. The van der Waals surface area contributed by atoms with E-state index in [4.69, 9.17) is 0 Å². The Kier molecular flexibility index (Phi) is 5.13. The van der Waals surface area contributed by atoms with Gasteiger partial charge in [-0.25, -0.2) is 9.37 Å². The molecule has 1 saturated heterocycles. The molecule has 5 nitrogen and oxygen atoms in total. The summed E-state index contributed by atoms with van der Waals surface area (Å²) in [7, 11) is 0. The molecule has 1 N–H and O–H groups in total. The number of aliphatic hydroxyl groups excluding tert-OH is 1. The molecule has 2 aromatic heterocycles. The summed E-state index contributed by atoms with van der Waals surface area (Å²) in [5, 5.41) is 10.9. The molecular formula is C22H24FN3O2. The van der Waals surface area contributed by atoms with Gasteiger partial charge in [-0.05, 0) is 60.4 Å². The monoisotopic (exact) mass is 381 g/mol. The predicted molar refractivity (Wildman–Crippen MR) is 106 cm³/mol. The number of aliphatic hydroxyl groups is 1. The second-order valence-corrected chi connectivity index (χ2v) is 7.53. The minimum atomic E-state index is -0.327. The summed E-state index contributed by atoms with van der Waals surface area (Å²) >= 11 is 0. The number of amides is 1. The van der Waals surface area contributed by atoms with E-state index in [0.717, 1.165) is 22.3 Å². The minimum absolute atomic E-state index is 0.0848. The highest BCUT2D eigenvalue weighted by Crippen LogP contribution is 2.28. The smallest absolute Gasteiger partial charge is 0.224 e. The van der Waals surface area contributed by atoms with Gasteiger partial charge in [0.1, 0.15) is 11.5 Å². The molecule has 3 heterocycles. The van der Waals surface area contributed by atoms with E-state index < -0.39 is 0 Å². The SMILES string of the molecule is C[C@H]1CN(C(=O)CCn2c(-c3ccc(F)cc3)cc3cccnc32)CC[C@@H]1O. The molecule has 2 atom stereocenters. The lowest BCUT2D eigenvalue weighted by molar-refractivity contribution is -0.134. The van der Waals surface area contributed by atoms with E-state index >= 15 is 0 Å². The first-order valence-electron chi connectivity index (χ1n) is 9.69. The van der Waals surface area contributed by atoms with Crippen molar-refractivity contribution < 1.29 is 14.3 Å². The van der Waals surface area contributed by atoms with Crippen LogP contribution >= 0.6 is 0 Å². The van der Waals surface area contributed by atoms with Crippen LogP contribution in [0, 0.1) is 11.7 Å². The van der Waals surface area contributed by atoms with Crippen LogP contribution in [-0.2, 0) is 11.3 Å². The van der Waals surface area contributed by atoms with Crippen molar-refractivity contribution in [3.8, 4) is 11.3 Å². The van der Waals surface area contributed by atoms with Gasteiger partial charge in [0.15, 0.2) is 0 Å². The van der Waals surface area contributed by atoms with Crippen LogP contribution in [0.25, 0.3) is 22.3 Å². The first-order valence-corrected chi connectivity index (χ1v) is 9.69. The fourth-order valence-electron chi connectivity index (χ4n) is 3.90. The van der Waals surface area contributed by atoms with Crippen LogP contribution in [0.3, 0.4) is 0 Å². The number of halogens is 1. The van der Waals surface area contributed by atoms with E-state index in [1.165, 1.54) is 12.1 Å². The summed E-state index contributed by atoms with van der Waals surface area (Å²) in [6, 6.07) is 12.3. The number of carbonyl (C=O) groups excluding carboxylic acids is 1. The standard InChI is InChI=1S/C22H24FN3O2/c1-15-14-25(11-8-20(15)27)21(28)9-12-26-19(16-4-6-18(23)7-5-16)13-17-3-2-10-24-22(17)26/h2-7,10,13,15,20,27H,8-9,11-12,14H2,1H3/t15-,20-/m0/s1. The first kappa shape index (κ1) is 18.6. The molecular weight excluding hydrogens is 357 g/mol. The van der Waals surface area contributed by atoms with Crippen molar-refractivity contribution in [3.05, 3.63) is 54.5 Å². The van der Waals surface area contributed by atoms with Crippen LogP contribution in [0.4, 0.5) is 4.39 Å². The van der Waals surface area contributed by atoms with Gasteiger partial charge in [-0.15, -0.1) is 0 Å². The molecule has 4 rings (SSSR count). The number of pyridine rings is 1. The number of aryl methyl sites for hydroxylation is 1. The number of aromatic nitrogens is 2. The van der Waals surface area contributed by atoms with Crippen molar-refractivity contribution in [2.75, 3.05) is 13.1 Å². The van der Waals surface area contributed by atoms with Gasteiger partial charge < -0.3 is 14.6 Å². The predicted octanol–water partition coefficient (Wildman–Crippen LogP) is 3.46. The van der Waals surface area contributed by atoms with Gasteiger partial charge in [-0.3, -0.25) is 4.79 Å². The Labute approximate surface area is 163 Å². The third kappa shape index (κ3) is 3.64. The van der Waals surface area contributed by atoms with Crippen molar-refractivity contribution >= 4 is 16.9 Å². The lowest BCUT2D eigenvalue weighted by atomic mass is 9.96. The number of fused-ring (bicyclic) bond motifs is 1. The molecule has 1 aliphatic heterocycles. The molecule has 0 aliphatic carbocycles. The molecule has 0 unspecified atom stereocenters. The van der Waals surface area contributed by atoms with E-state index in [2.05, 4.69) is 4.98 Å². The Balaban J connectivity index is 1.58. The van der Waals surface area contributed by atoms with Crippen LogP contribution in [-0.4, -0.2) is 44.7 Å². The lowest BCUT2D eigenvalue weighted by Gasteiger charge is -2.34. The Hall–Kier alpha value is -2.73. The molecule has 0 radical (unpaired) electrons. The number of hydrogen-bond donors (Lipinski definition) is 1. The molecule has 0 spiro atoms. The average Bonchev–Trinajstić information content (AvgIpc) is 3.07.